The van der Waals surface area contributed by atoms with Crippen molar-refractivity contribution in [3.8, 4) is 0 Å². The Bertz CT molecular complexity index is 814. The first-order valence-electron chi connectivity index (χ1n) is 6.84. The number of halogens is 3. The lowest BCUT2D eigenvalue weighted by Gasteiger charge is -2.23. The number of aromatic amines is 1. The third kappa shape index (κ3) is 2.07. The zero-order valence-corrected chi connectivity index (χ0v) is 12.7. The van der Waals surface area contributed by atoms with Crippen molar-refractivity contribution < 1.29 is 9.13 Å². The Balaban J connectivity index is 1.91. The average Bonchev–Trinajstić information content (AvgIpc) is 3.18. The number of H-pyrrole nitrogens is 1. The number of pyridine rings is 1. The maximum Gasteiger partial charge on any atom is 0.347 e. The van der Waals surface area contributed by atoms with Crippen LogP contribution in [0.5, 0.6) is 0 Å². The van der Waals surface area contributed by atoms with Gasteiger partial charge in [0.05, 0.1) is 28.4 Å². The second-order valence-electron chi connectivity index (χ2n) is 5.33. The van der Waals surface area contributed by atoms with Gasteiger partial charge in [-0.25, -0.2) is 14.2 Å². The van der Waals surface area contributed by atoms with Crippen LogP contribution >= 0.6 is 23.2 Å². The SMILES string of the molecule is O=c1nc(N2CCCO[C@H]3[C@H](Cl)[C@H]32)c2cnc(Cl)c(F)c2[nH]1. The summed E-state index contributed by atoms with van der Waals surface area (Å²) in [5, 5.41) is -0.0570. The summed E-state index contributed by atoms with van der Waals surface area (Å²) in [5.41, 5.74) is -0.638. The summed E-state index contributed by atoms with van der Waals surface area (Å²) in [5.74, 6) is -0.397. The van der Waals surface area contributed by atoms with E-state index in [2.05, 4.69) is 15.0 Å². The molecule has 0 unspecified atom stereocenters. The Kier molecular flexibility index (Phi) is 3.25. The molecule has 3 atom stereocenters. The zero-order chi connectivity index (χ0) is 15.4. The number of hydrogen-bond acceptors (Lipinski definition) is 5. The number of nitrogens with zero attached hydrogens (tertiary/aromatic N) is 3. The Labute approximate surface area is 134 Å². The van der Waals surface area contributed by atoms with E-state index in [1.807, 2.05) is 4.90 Å². The van der Waals surface area contributed by atoms with E-state index in [1.54, 1.807) is 0 Å². The van der Waals surface area contributed by atoms with E-state index in [1.165, 1.54) is 6.20 Å². The number of anilines is 1. The fourth-order valence-corrected chi connectivity index (χ4v) is 3.45. The number of aromatic nitrogens is 3. The van der Waals surface area contributed by atoms with E-state index in [0.29, 0.717) is 24.4 Å². The van der Waals surface area contributed by atoms with E-state index in [4.69, 9.17) is 27.9 Å². The summed E-state index contributed by atoms with van der Waals surface area (Å²) in [7, 11) is 0. The predicted molar refractivity (Wildman–Crippen MR) is 80.3 cm³/mol. The summed E-state index contributed by atoms with van der Waals surface area (Å²) >= 11 is 11.9. The van der Waals surface area contributed by atoms with Crippen LogP contribution in [0.25, 0.3) is 10.9 Å². The van der Waals surface area contributed by atoms with Crippen molar-refractivity contribution in [1.82, 2.24) is 15.0 Å². The molecule has 1 saturated carbocycles. The molecule has 1 N–H and O–H groups in total. The monoisotopic (exact) mass is 344 g/mol. The van der Waals surface area contributed by atoms with Crippen molar-refractivity contribution in [2.45, 2.75) is 23.9 Å². The third-order valence-electron chi connectivity index (χ3n) is 3.98. The first-order valence-corrected chi connectivity index (χ1v) is 7.65. The molecule has 22 heavy (non-hydrogen) atoms. The van der Waals surface area contributed by atoms with Gasteiger partial charge in [-0.05, 0) is 6.42 Å². The van der Waals surface area contributed by atoms with Crippen LogP contribution in [0.1, 0.15) is 6.42 Å². The van der Waals surface area contributed by atoms with E-state index < -0.39 is 11.5 Å². The molecule has 2 aliphatic rings. The Morgan fingerprint density at radius 3 is 3.14 bits per heavy atom. The van der Waals surface area contributed by atoms with Gasteiger partial charge < -0.3 is 14.6 Å². The fraction of sp³-hybridized carbons (Fsp3) is 0.462. The fourth-order valence-electron chi connectivity index (χ4n) is 2.89. The molecule has 1 saturated heterocycles. The molecule has 2 aromatic rings. The first-order chi connectivity index (χ1) is 10.6. The molecule has 116 valence electrons. The van der Waals surface area contributed by atoms with Crippen molar-refractivity contribution in [3.05, 3.63) is 27.7 Å². The smallest absolute Gasteiger partial charge is 0.347 e. The highest BCUT2D eigenvalue weighted by Crippen LogP contribution is 2.42. The van der Waals surface area contributed by atoms with Gasteiger partial charge in [0, 0.05) is 19.3 Å². The second-order valence-corrected chi connectivity index (χ2v) is 6.20. The molecular weight excluding hydrogens is 334 g/mol. The Hall–Kier alpha value is -1.44. The summed E-state index contributed by atoms with van der Waals surface area (Å²) in [4.78, 5) is 23.9. The van der Waals surface area contributed by atoms with Crippen LogP contribution in [0.2, 0.25) is 5.15 Å². The van der Waals surface area contributed by atoms with Gasteiger partial charge in [-0.15, -0.1) is 11.6 Å². The minimum absolute atomic E-state index is 0.00323. The Morgan fingerprint density at radius 1 is 1.50 bits per heavy atom. The quantitative estimate of drug-likeness (QED) is 0.629. The zero-order valence-electron chi connectivity index (χ0n) is 11.2. The number of hydrogen-bond donors (Lipinski definition) is 1. The van der Waals surface area contributed by atoms with Crippen molar-refractivity contribution in [3.63, 3.8) is 0 Å². The summed E-state index contributed by atoms with van der Waals surface area (Å²) in [6.45, 7) is 1.22. The third-order valence-corrected chi connectivity index (χ3v) is 4.75. The van der Waals surface area contributed by atoms with Crippen LogP contribution in [0.3, 0.4) is 0 Å². The van der Waals surface area contributed by atoms with Crippen molar-refractivity contribution in [1.29, 1.82) is 0 Å². The number of ether oxygens (including phenoxy) is 1. The summed E-state index contributed by atoms with van der Waals surface area (Å²) in [6, 6.07) is -0.0691. The minimum Gasteiger partial charge on any atom is -0.374 e. The van der Waals surface area contributed by atoms with Gasteiger partial charge in [-0.1, -0.05) is 11.6 Å². The lowest BCUT2D eigenvalue weighted by atomic mass is 10.2. The lowest BCUT2D eigenvalue weighted by Crippen LogP contribution is -2.32. The largest absolute Gasteiger partial charge is 0.374 e. The standard InChI is InChI=1S/C13H11Cl2FN4O2/c14-6-9-10(6)22-3-1-2-20(9)12-5-4-17-11(15)7(16)8(5)18-13(21)19-12/h4,6,9-10H,1-3H2,(H,18,19,21)/t6-,9-,10+/m1/s1. The van der Waals surface area contributed by atoms with Crippen LogP contribution in [-0.4, -0.2) is 45.6 Å². The van der Waals surface area contributed by atoms with Gasteiger partial charge in [0.15, 0.2) is 11.0 Å². The van der Waals surface area contributed by atoms with Gasteiger partial charge in [0.1, 0.15) is 5.82 Å². The maximum absolute atomic E-state index is 14.1. The number of alkyl halides is 1. The van der Waals surface area contributed by atoms with Gasteiger partial charge in [0.2, 0.25) is 0 Å². The van der Waals surface area contributed by atoms with Crippen LogP contribution in [0.15, 0.2) is 11.0 Å². The molecule has 0 spiro atoms. The highest BCUT2D eigenvalue weighted by molar-refractivity contribution is 6.30. The molecule has 0 radical (unpaired) electrons. The van der Waals surface area contributed by atoms with Crippen LogP contribution < -0.4 is 10.6 Å². The maximum atomic E-state index is 14.1. The van der Waals surface area contributed by atoms with E-state index in [-0.39, 0.29) is 28.2 Å². The van der Waals surface area contributed by atoms with Gasteiger partial charge in [-0.3, -0.25) is 0 Å². The van der Waals surface area contributed by atoms with Gasteiger partial charge in [0.25, 0.3) is 0 Å². The molecule has 2 fully saturated rings. The summed E-state index contributed by atoms with van der Waals surface area (Å²) in [6.07, 6.45) is 2.09. The minimum atomic E-state index is -0.763. The molecule has 0 aromatic carbocycles. The number of nitrogens with one attached hydrogen (secondary N) is 1. The molecule has 0 bridgehead atoms. The van der Waals surface area contributed by atoms with E-state index in [0.717, 1.165) is 6.42 Å². The predicted octanol–water partition coefficient (Wildman–Crippen LogP) is 1.70. The summed E-state index contributed by atoms with van der Waals surface area (Å²) < 4.78 is 19.8. The van der Waals surface area contributed by atoms with Crippen molar-refractivity contribution in [2.24, 2.45) is 0 Å². The molecule has 6 nitrogen and oxygen atoms in total. The topological polar surface area (TPSA) is 71.1 Å². The van der Waals surface area contributed by atoms with E-state index >= 15 is 0 Å². The average molecular weight is 345 g/mol. The molecule has 3 heterocycles. The molecule has 1 aliphatic heterocycles. The Morgan fingerprint density at radius 2 is 2.32 bits per heavy atom. The second kappa shape index (κ2) is 5.04. The lowest BCUT2D eigenvalue weighted by molar-refractivity contribution is 0.124. The molecule has 2 aromatic heterocycles. The molecule has 1 aliphatic carbocycles. The molecule has 0 amide bonds. The number of rotatable bonds is 1. The van der Waals surface area contributed by atoms with Gasteiger partial charge in [-0.2, -0.15) is 4.98 Å². The van der Waals surface area contributed by atoms with Gasteiger partial charge >= 0.3 is 5.69 Å². The highest BCUT2D eigenvalue weighted by Gasteiger charge is 2.55. The molecular formula is C13H11Cl2FN4O2. The van der Waals surface area contributed by atoms with Crippen LogP contribution in [-0.2, 0) is 4.74 Å². The van der Waals surface area contributed by atoms with E-state index in [9.17, 15) is 9.18 Å². The van der Waals surface area contributed by atoms with Crippen LogP contribution in [0, 0.1) is 5.82 Å². The van der Waals surface area contributed by atoms with Crippen molar-refractivity contribution >= 4 is 39.9 Å². The highest BCUT2D eigenvalue weighted by atomic mass is 35.5. The molecule has 9 heteroatoms. The van der Waals surface area contributed by atoms with Crippen LogP contribution in [0.4, 0.5) is 10.2 Å². The molecule has 4 rings (SSSR count). The number of fused-ring (bicyclic) bond motifs is 2. The van der Waals surface area contributed by atoms with Crippen molar-refractivity contribution in [2.75, 3.05) is 18.1 Å². The first kappa shape index (κ1) is 14.2. The normalized spacial score (nSPS) is 27.6.